The minimum absolute atomic E-state index is 0.528. The van der Waals surface area contributed by atoms with E-state index in [4.69, 9.17) is 4.74 Å². The molecule has 0 N–H and O–H groups in total. The summed E-state index contributed by atoms with van der Waals surface area (Å²) in [7, 11) is 1.69. The minimum Gasteiger partial charge on any atom is -0.497 e. The van der Waals surface area contributed by atoms with Gasteiger partial charge in [-0.3, -0.25) is 0 Å². The van der Waals surface area contributed by atoms with Crippen LogP contribution >= 0.6 is 0 Å². The number of hydrogen-bond acceptors (Lipinski definition) is 3. The largest absolute Gasteiger partial charge is 0.497 e. The molecule has 0 amide bonds. The van der Waals surface area contributed by atoms with Gasteiger partial charge in [0, 0.05) is 18.9 Å². The van der Waals surface area contributed by atoms with Gasteiger partial charge in [-0.25, -0.2) is 0 Å². The first-order chi connectivity index (χ1) is 9.28. The molecular formula is C15H19N3O. The van der Waals surface area contributed by atoms with Gasteiger partial charge in [0.15, 0.2) is 0 Å². The summed E-state index contributed by atoms with van der Waals surface area (Å²) in [6.07, 6.45) is 3.26. The molecule has 0 radical (unpaired) electrons. The topological polar surface area (TPSA) is 39.9 Å². The molecule has 1 aromatic heterocycles. The molecule has 0 spiro atoms. The summed E-state index contributed by atoms with van der Waals surface area (Å²) in [5.74, 6) is 3.63. The van der Waals surface area contributed by atoms with Crippen LogP contribution in [0.3, 0.4) is 0 Å². The van der Waals surface area contributed by atoms with Gasteiger partial charge in [-0.05, 0) is 30.5 Å². The highest BCUT2D eigenvalue weighted by atomic mass is 16.5. The Bertz CT molecular complexity index is 577. The molecule has 100 valence electrons. The molecule has 1 aliphatic heterocycles. The van der Waals surface area contributed by atoms with E-state index in [-0.39, 0.29) is 0 Å². The second-order valence-corrected chi connectivity index (χ2v) is 5.20. The van der Waals surface area contributed by atoms with Crippen molar-refractivity contribution in [1.29, 1.82) is 0 Å². The Hall–Kier alpha value is -1.84. The molecule has 1 atom stereocenters. The minimum atomic E-state index is 0.528. The van der Waals surface area contributed by atoms with E-state index in [0.717, 1.165) is 30.4 Å². The van der Waals surface area contributed by atoms with Gasteiger partial charge in [0.1, 0.15) is 17.4 Å². The van der Waals surface area contributed by atoms with Crippen molar-refractivity contribution in [3.05, 3.63) is 41.5 Å². The maximum absolute atomic E-state index is 5.26. The van der Waals surface area contributed by atoms with E-state index in [9.17, 15) is 0 Å². The Morgan fingerprint density at radius 3 is 3.11 bits per heavy atom. The highest BCUT2D eigenvalue weighted by Crippen LogP contribution is 2.26. The molecule has 0 aliphatic carbocycles. The first kappa shape index (κ1) is 12.2. The number of hydrogen-bond donors (Lipinski definition) is 0. The van der Waals surface area contributed by atoms with Crippen molar-refractivity contribution in [2.45, 2.75) is 38.6 Å². The van der Waals surface area contributed by atoms with Gasteiger partial charge in [0.05, 0.1) is 7.11 Å². The lowest BCUT2D eigenvalue weighted by molar-refractivity contribution is 0.414. The summed E-state index contributed by atoms with van der Waals surface area (Å²) < 4.78 is 7.55. The third-order valence-electron chi connectivity index (χ3n) is 3.81. The van der Waals surface area contributed by atoms with Crippen LogP contribution in [0.5, 0.6) is 5.75 Å². The Kier molecular flexibility index (Phi) is 3.23. The molecular weight excluding hydrogens is 238 g/mol. The van der Waals surface area contributed by atoms with Gasteiger partial charge in [-0.2, -0.15) is 0 Å². The number of benzene rings is 1. The Balaban J connectivity index is 1.87. The number of ether oxygens (including phenoxy) is 1. The summed E-state index contributed by atoms with van der Waals surface area (Å²) in [6.45, 7) is 3.28. The van der Waals surface area contributed by atoms with E-state index in [2.05, 4.69) is 33.8 Å². The van der Waals surface area contributed by atoms with Gasteiger partial charge in [-0.15, -0.1) is 10.2 Å². The van der Waals surface area contributed by atoms with Crippen molar-refractivity contribution in [2.75, 3.05) is 7.11 Å². The molecule has 4 nitrogen and oxygen atoms in total. The lowest BCUT2D eigenvalue weighted by Crippen LogP contribution is -2.16. The third kappa shape index (κ3) is 2.35. The normalized spacial score (nSPS) is 18.1. The number of fused-ring (bicyclic) bond motifs is 1. The molecule has 0 bridgehead atoms. The van der Waals surface area contributed by atoms with Crippen molar-refractivity contribution < 1.29 is 4.74 Å². The van der Waals surface area contributed by atoms with Gasteiger partial charge < -0.3 is 9.30 Å². The summed E-state index contributed by atoms with van der Waals surface area (Å²) in [5.41, 5.74) is 1.22. The van der Waals surface area contributed by atoms with Gasteiger partial charge in [0.25, 0.3) is 0 Å². The quantitative estimate of drug-likeness (QED) is 0.849. The van der Waals surface area contributed by atoms with Crippen LogP contribution < -0.4 is 4.74 Å². The molecule has 0 saturated heterocycles. The van der Waals surface area contributed by atoms with Crippen molar-refractivity contribution in [3.8, 4) is 5.75 Å². The number of nitrogens with zero attached hydrogens (tertiary/aromatic N) is 3. The standard InChI is InChI=1S/C15H19N3O/c1-11-5-4-8-18-14(16-17-15(11)18)10-12-6-3-7-13(9-12)19-2/h3,6-7,9,11H,4-5,8,10H2,1-2H3. The fourth-order valence-corrected chi connectivity index (χ4v) is 2.74. The third-order valence-corrected chi connectivity index (χ3v) is 3.81. The number of methoxy groups -OCH3 is 1. The predicted molar refractivity (Wildman–Crippen MR) is 73.5 cm³/mol. The molecule has 3 rings (SSSR count). The monoisotopic (exact) mass is 257 g/mol. The summed E-state index contributed by atoms with van der Waals surface area (Å²) >= 11 is 0. The molecule has 4 heteroatoms. The maximum atomic E-state index is 5.26. The van der Waals surface area contributed by atoms with Crippen molar-refractivity contribution in [3.63, 3.8) is 0 Å². The predicted octanol–water partition coefficient (Wildman–Crippen LogP) is 2.77. The van der Waals surface area contributed by atoms with E-state index in [1.165, 1.54) is 18.4 Å². The fourth-order valence-electron chi connectivity index (χ4n) is 2.74. The van der Waals surface area contributed by atoms with Gasteiger partial charge in [0.2, 0.25) is 0 Å². The second-order valence-electron chi connectivity index (χ2n) is 5.20. The van der Waals surface area contributed by atoms with E-state index >= 15 is 0 Å². The summed E-state index contributed by atoms with van der Waals surface area (Å²) in [5, 5.41) is 8.73. The molecule has 1 aliphatic rings. The fraction of sp³-hybridized carbons (Fsp3) is 0.467. The van der Waals surface area contributed by atoms with Crippen LogP contribution in [0.1, 0.15) is 42.9 Å². The van der Waals surface area contributed by atoms with E-state index < -0.39 is 0 Å². The Morgan fingerprint density at radius 1 is 1.37 bits per heavy atom. The van der Waals surface area contributed by atoms with Crippen LogP contribution in [0.4, 0.5) is 0 Å². The first-order valence-electron chi connectivity index (χ1n) is 6.83. The van der Waals surface area contributed by atoms with E-state index in [1.54, 1.807) is 7.11 Å². The molecule has 2 heterocycles. The smallest absolute Gasteiger partial charge is 0.137 e. The number of aromatic nitrogens is 3. The zero-order valence-electron chi connectivity index (χ0n) is 11.5. The Morgan fingerprint density at radius 2 is 2.26 bits per heavy atom. The number of rotatable bonds is 3. The van der Waals surface area contributed by atoms with Crippen LogP contribution in [0.15, 0.2) is 24.3 Å². The lowest BCUT2D eigenvalue weighted by Gasteiger charge is -2.20. The van der Waals surface area contributed by atoms with E-state index in [0.29, 0.717) is 5.92 Å². The summed E-state index contributed by atoms with van der Waals surface area (Å²) in [4.78, 5) is 0. The summed E-state index contributed by atoms with van der Waals surface area (Å²) in [6, 6.07) is 8.15. The second kappa shape index (κ2) is 5.03. The average Bonchev–Trinajstić information content (AvgIpc) is 2.84. The zero-order chi connectivity index (χ0) is 13.2. The van der Waals surface area contributed by atoms with Crippen LogP contribution in [0.25, 0.3) is 0 Å². The lowest BCUT2D eigenvalue weighted by atomic mass is 10.0. The molecule has 19 heavy (non-hydrogen) atoms. The van der Waals surface area contributed by atoms with Crippen molar-refractivity contribution in [1.82, 2.24) is 14.8 Å². The highest BCUT2D eigenvalue weighted by Gasteiger charge is 2.21. The average molecular weight is 257 g/mol. The maximum Gasteiger partial charge on any atom is 0.137 e. The molecule has 0 saturated carbocycles. The van der Waals surface area contributed by atoms with Crippen molar-refractivity contribution >= 4 is 0 Å². The first-order valence-corrected chi connectivity index (χ1v) is 6.83. The molecule has 0 fully saturated rings. The zero-order valence-corrected chi connectivity index (χ0v) is 11.5. The van der Waals surface area contributed by atoms with Crippen molar-refractivity contribution in [2.24, 2.45) is 0 Å². The molecule has 1 aromatic carbocycles. The van der Waals surface area contributed by atoms with Gasteiger partial charge >= 0.3 is 0 Å². The van der Waals surface area contributed by atoms with Crippen LogP contribution in [0.2, 0.25) is 0 Å². The van der Waals surface area contributed by atoms with Gasteiger partial charge in [-0.1, -0.05) is 19.1 Å². The Labute approximate surface area is 113 Å². The SMILES string of the molecule is COc1cccc(Cc2nnc3n2CCCC3C)c1. The highest BCUT2D eigenvalue weighted by molar-refractivity contribution is 5.30. The van der Waals surface area contributed by atoms with Crippen LogP contribution in [0, 0.1) is 0 Å². The van der Waals surface area contributed by atoms with Crippen LogP contribution in [-0.4, -0.2) is 21.9 Å². The molecule has 2 aromatic rings. The van der Waals surface area contributed by atoms with E-state index in [1.807, 2.05) is 12.1 Å². The van der Waals surface area contributed by atoms with Crippen LogP contribution in [-0.2, 0) is 13.0 Å². The molecule has 1 unspecified atom stereocenters.